The lowest BCUT2D eigenvalue weighted by Gasteiger charge is -2.43. The smallest absolute Gasteiger partial charge is 0.123 e. The Morgan fingerprint density at radius 3 is 1.61 bits per heavy atom. The number of hydrogen-bond donors (Lipinski definition) is 2. The van der Waals surface area contributed by atoms with E-state index in [0.717, 1.165) is 63.6 Å². The predicted molar refractivity (Wildman–Crippen MR) is 201 cm³/mol. The third kappa shape index (κ3) is 9.52. The quantitative estimate of drug-likeness (QED) is 0.119. The van der Waals surface area contributed by atoms with Crippen LogP contribution in [0.4, 0.5) is 0 Å². The fourth-order valence-corrected chi connectivity index (χ4v) is 8.11. The van der Waals surface area contributed by atoms with Crippen molar-refractivity contribution >= 4 is 0 Å². The molecule has 0 saturated carbocycles. The molecule has 6 nitrogen and oxygen atoms in total. The monoisotopic (exact) mass is 660 g/mol. The van der Waals surface area contributed by atoms with Gasteiger partial charge < -0.3 is 14.8 Å². The second kappa shape index (κ2) is 18.4. The van der Waals surface area contributed by atoms with E-state index in [4.69, 9.17) is 9.47 Å². The molecule has 4 atom stereocenters. The molecule has 0 aromatic heterocycles. The summed E-state index contributed by atoms with van der Waals surface area (Å²) in [7, 11) is 3.54. The van der Waals surface area contributed by atoms with Crippen molar-refractivity contribution in [1.82, 2.24) is 20.4 Å². The number of benzene rings is 4. The number of nitrogens with zero attached hydrogens (tertiary/aromatic N) is 2. The first-order valence-electron chi connectivity index (χ1n) is 18.5. The van der Waals surface area contributed by atoms with E-state index in [2.05, 4.69) is 124 Å². The van der Waals surface area contributed by atoms with Crippen molar-refractivity contribution in [2.75, 3.05) is 40.4 Å². The summed E-state index contributed by atoms with van der Waals surface area (Å²) in [6.07, 6.45) is 8.73. The largest absolute Gasteiger partial charge is 0.496 e. The van der Waals surface area contributed by atoms with Crippen LogP contribution in [0.25, 0.3) is 0 Å². The van der Waals surface area contributed by atoms with Gasteiger partial charge in [-0.3, -0.25) is 15.1 Å². The zero-order chi connectivity index (χ0) is 33.7. The molecule has 2 aliphatic heterocycles. The Morgan fingerprint density at radius 2 is 1.02 bits per heavy atom. The van der Waals surface area contributed by atoms with Gasteiger partial charge in [0.05, 0.1) is 20.4 Å². The molecule has 0 bridgehead atoms. The van der Waals surface area contributed by atoms with Crippen LogP contribution < -0.4 is 20.1 Å². The van der Waals surface area contributed by atoms with Crippen LogP contribution in [-0.4, -0.2) is 62.4 Å². The lowest BCUT2D eigenvalue weighted by atomic mass is 9.81. The van der Waals surface area contributed by atoms with Crippen LogP contribution in [0, 0.1) is 0 Å². The van der Waals surface area contributed by atoms with E-state index in [1.807, 2.05) is 6.07 Å². The summed E-state index contributed by atoms with van der Waals surface area (Å²) in [5.41, 5.74) is 5.19. The Hall–Kier alpha value is -3.68. The summed E-state index contributed by atoms with van der Waals surface area (Å²) >= 11 is 0. The summed E-state index contributed by atoms with van der Waals surface area (Å²) in [4.78, 5) is 5.54. The minimum absolute atomic E-state index is 0.191. The number of hydrogen-bond acceptors (Lipinski definition) is 6. The molecular formula is C43H56N4O2. The summed E-state index contributed by atoms with van der Waals surface area (Å²) in [6.45, 7) is 6.15. The third-order valence-electron chi connectivity index (χ3n) is 10.7. The highest BCUT2D eigenvalue weighted by Crippen LogP contribution is 2.37. The number of ether oxygens (including phenoxy) is 2. The second-order valence-electron chi connectivity index (χ2n) is 13.8. The first-order valence-corrected chi connectivity index (χ1v) is 18.5. The first-order chi connectivity index (χ1) is 24.2. The average molecular weight is 661 g/mol. The number of nitrogens with one attached hydrogen (secondary N) is 2. The van der Waals surface area contributed by atoms with E-state index in [9.17, 15) is 0 Å². The van der Waals surface area contributed by atoms with Crippen LogP contribution >= 0.6 is 0 Å². The van der Waals surface area contributed by atoms with Crippen LogP contribution in [0.3, 0.4) is 0 Å². The molecule has 2 saturated heterocycles. The molecule has 2 N–H and O–H groups in total. The van der Waals surface area contributed by atoms with Crippen molar-refractivity contribution in [2.24, 2.45) is 0 Å². The van der Waals surface area contributed by atoms with Gasteiger partial charge in [0.2, 0.25) is 0 Å². The van der Waals surface area contributed by atoms with Crippen molar-refractivity contribution in [1.29, 1.82) is 0 Å². The maximum atomic E-state index is 5.75. The first kappa shape index (κ1) is 35.2. The average Bonchev–Trinajstić information content (AvgIpc) is 3.72. The van der Waals surface area contributed by atoms with E-state index < -0.39 is 0 Å². The second-order valence-corrected chi connectivity index (χ2v) is 13.8. The Bertz CT molecular complexity index is 1520. The highest BCUT2D eigenvalue weighted by atomic mass is 16.5. The lowest BCUT2D eigenvalue weighted by Crippen LogP contribution is -2.49. The normalized spacial score (nSPS) is 18.1. The minimum Gasteiger partial charge on any atom is -0.496 e. The molecule has 260 valence electrons. The zero-order valence-electron chi connectivity index (χ0n) is 29.6. The van der Waals surface area contributed by atoms with Gasteiger partial charge in [-0.25, -0.2) is 0 Å². The number of methoxy groups -OCH3 is 2. The number of likely N-dealkylation sites (tertiary alicyclic amines) is 2. The van der Waals surface area contributed by atoms with Crippen molar-refractivity contribution in [3.8, 4) is 11.5 Å². The lowest BCUT2D eigenvalue weighted by molar-refractivity contribution is 0.0984. The number of piperidine rings is 1. The fraction of sp³-hybridized carbons (Fsp3) is 0.442. The Kier molecular flexibility index (Phi) is 13.2. The number of para-hydroxylation sites is 2. The molecular weight excluding hydrogens is 604 g/mol. The maximum Gasteiger partial charge on any atom is 0.123 e. The van der Waals surface area contributed by atoms with Gasteiger partial charge >= 0.3 is 0 Å². The van der Waals surface area contributed by atoms with Crippen molar-refractivity contribution in [2.45, 2.75) is 82.2 Å². The van der Waals surface area contributed by atoms with Crippen LogP contribution in [0.1, 0.15) is 79.2 Å². The van der Waals surface area contributed by atoms with Gasteiger partial charge in [0.1, 0.15) is 11.5 Å². The van der Waals surface area contributed by atoms with Gasteiger partial charge in [0.15, 0.2) is 0 Å². The molecule has 4 unspecified atom stereocenters. The third-order valence-corrected chi connectivity index (χ3v) is 10.7. The molecule has 2 aliphatic rings. The van der Waals surface area contributed by atoms with Crippen molar-refractivity contribution < 1.29 is 9.47 Å². The summed E-state index contributed by atoms with van der Waals surface area (Å²) in [5, 5.41) is 8.08. The molecule has 6 rings (SSSR count). The molecule has 4 aromatic carbocycles. The van der Waals surface area contributed by atoms with Gasteiger partial charge in [-0.2, -0.15) is 0 Å². The highest BCUT2D eigenvalue weighted by molar-refractivity contribution is 5.34. The van der Waals surface area contributed by atoms with E-state index in [0.29, 0.717) is 12.0 Å². The Morgan fingerprint density at radius 1 is 0.531 bits per heavy atom. The minimum atomic E-state index is 0.191. The van der Waals surface area contributed by atoms with Gasteiger partial charge in [-0.15, -0.1) is 0 Å². The standard InChI is InChI=1S/C43H56N4O2/c1-48-41-24-12-10-22-36(41)32-44-39(35-20-8-4-9-21-35)31-40(46-26-14-5-15-27-46)38(34-18-6-3-7-19-34)30-43(47-28-16-17-29-47)45-33-37-23-11-13-25-42(37)49-2/h3-4,6-13,18-25,38-40,43-45H,5,14-17,26-33H2,1-2H3. The molecule has 0 radical (unpaired) electrons. The van der Waals surface area contributed by atoms with Crippen LogP contribution in [-0.2, 0) is 13.1 Å². The molecule has 0 amide bonds. The van der Waals surface area contributed by atoms with E-state index in [1.54, 1.807) is 14.2 Å². The Balaban J connectivity index is 1.33. The Labute approximate surface area is 294 Å². The summed E-state index contributed by atoms with van der Waals surface area (Å²) in [6, 6.07) is 39.9. The summed E-state index contributed by atoms with van der Waals surface area (Å²) < 4.78 is 11.5. The van der Waals surface area contributed by atoms with Gasteiger partial charge in [0, 0.05) is 42.2 Å². The maximum absolute atomic E-state index is 5.75. The van der Waals surface area contributed by atoms with Crippen molar-refractivity contribution in [3.05, 3.63) is 131 Å². The molecule has 0 aliphatic carbocycles. The SMILES string of the molecule is COc1ccccc1CNC(CC(C(CC(NCc1ccccc1OC)N1CCCC1)c1ccccc1)N1CCCCC1)c1ccccc1. The zero-order valence-corrected chi connectivity index (χ0v) is 29.6. The molecule has 2 heterocycles. The topological polar surface area (TPSA) is 49.0 Å². The van der Waals surface area contributed by atoms with Gasteiger partial charge in [-0.1, -0.05) is 103 Å². The highest BCUT2D eigenvalue weighted by Gasteiger charge is 2.35. The van der Waals surface area contributed by atoms with Crippen LogP contribution in [0.2, 0.25) is 0 Å². The van der Waals surface area contributed by atoms with Crippen LogP contribution in [0.15, 0.2) is 109 Å². The van der Waals surface area contributed by atoms with Crippen LogP contribution in [0.5, 0.6) is 11.5 Å². The summed E-state index contributed by atoms with van der Waals surface area (Å²) in [5.74, 6) is 2.24. The van der Waals surface area contributed by atoms with E-state index in [-0.39, 0.29) is 12.2 Å². The van der Waals surface area contributed by atoms with Crippen molar-refractivity contribution in [3.63, 3.8) is 0 Å². The molecule has 4 aromatic rings. The van der Waals surface area contributed by atoms with Gasteiger partial charge in [-0.05, 0) is 88.0 Å². The van der Waals surface area contributed by atoms with Gasteiger partial charge in [0.25, 0.3) is 0 Å². The molecule has 2 fully saturated rings. The van der Waals surface area contributed by atoms with E-state index in [1.165, 1.54) is 54.4 Å². The fourth-order valence-electron chi connectivity index (χ4n) is 8.11. The molecule has 6 heteroatoms. The molecule has 0 spiro atoms. The molecule has 49 heavy (non-hydrogen) atoms. The predicted octanol–water partition coefficient (Wildman–Crippen LogP) is 8.16. The van der Waals surface area contributed by atoms with E-state index >= 15 is 0 Å². The number of rotatable bonds is 17.